The average molecular weight is 185 g/mol. The van der Waals surface area contributed by atoms with Gasteiger partial charge in [-0.05, 0) is 12.8 Å². The van der Waals surface area contributed by atoms with Crippen LogP contribution < -0.4 is 5.73 Å². The molecule has 0 unspecified atom stereocenters. The Hall–Kier alpha value is -0.860. The van der Waals surface area contributed by atoms with Crippen molar-refractivity contribution in [3.8, 4) is 0 Å². The summed E-state index contributed by atoms with van der Waals surface area (Å²) in [6.07, 6.45) is 5.33. The summed E-state index contributed by atoms with van der Waals surface area (Å²) in [4.78, 5) is 21.5. The quantitative estimate of drug-likeness (QED) is 0.586. The summed E-state index contributed by atoms with van der Waals surface area (Å²) in [6.45, 7) is 2.11. The summed E-state index contributed by atoms with van der Waals surface area (Å²) in [5.74, 6) is -0.0592. The van der Waals surface area contributed by atoms with Crippen molar-refractivity contribution in [2.24, 2.45) is 5.73 Å². The van der Waals surface area contributed by atoms with Crippen molar-refractivity contribution in [1.82, 2.24) is 0 Å². The summed E-state index contributed by atoms with van der Waals surface area (Å²) in [6, 6.07) is 0. The minimum atomic E-state index is -0.318. The Morgan fingerprint density at radius 1 is 1.00 bits per heavy atom. The maximum absolute atomic E-state index is 11.1. The largest absolute Gasteiger partial charge is 0.370 e. The van der Waals surface area contributed by atoms with Crippen molar-refractivity contribution < 1.29 is 9.59 Å². The number of carbonyl (C=O) groups is 2. The van der Waals surface area contributed by atoms with Crippen molar-refractivity contribution >= 4 is 11.7 Å². The molecule has 0 saturated heterocycles. The fourth-order valence-corrected chi connectivity index (χ4v) is 1.16. The molecule has 0 atom stereocenters. The molecule has 0 aromatic rings. The van der Waals surface area contributed by atoms with E-state index in [-0.39, 0.29) is 11.7 Å². The summed E-state index contributed by atoms with van der Waals surface area (Å²) in [7, 11) is 0. The van der Waals surface area contributed by atoms with Gasteiger partial charge in [0.1, 0.15) is 5.78 Å². The van der Waals surface area contributed by atoms with E-state index >= 15 is 0 Å². The number of rotatable bonds is 8. The maximum atomic E-state index is 11.1. The molecule has 0 bridgehead atoms. The molecule has 0 saturated carbocycles. The van der Waals surface area contributed by atoms with E-state index in [2.05, 4.69) is 6.92 Å². The molecule has 2 N–H and O–H groups in total. The highest BCUT2D eigenvalue weighted by Crippen LogP contribution is 2.04. The van der Waals surface area contributed by atoms with E-state index in [1.165, 1.54) is 0 Å². The molecule has 0 rings (SSSR count). The lowest BCUT2D eigenvalue weighted by molar-refractivity contribution is -0.120. The second-order valence-electron chi connectivity index (χ2n) is 3.32. The zero-order chi connectivity index (χ0) is 10.1. The Bertz CT molecular complexity index is 166. The van der Waals surface area contributed by atoms with Crippen LogP contribution in [-0.4, -0.2) is 11.7 Å². The Balaban J connectivity index is 3.25. The Labute approximate surface area is 79.7 Å². The molecule has 13 heavy (non-hydrogen) atoms. The van der Waals surface area contributed by atoms with E-state index in [1.807, 2.05) is 0 Å². The van der Waals surface area contributed by atoms with Crippen LogP contribution in [0.4, 0.5) is 0 Å². The predicted octanol–water partition coefficient (Wildman–Crippen LogP) is 1.79. The molecule has 0 heterocycles. The number of amides is 1. The van der Waals surface area contributed by atoms with Crippen LogP contribution in [0, 0.1) is 0 Å². The fraction of sp³-hybridized carbons (Fsp3) is 0.800. The van der Waals surface area contributed by atoms with E-state index in [0.717, 1.165) is 19.3 Å². The molecule has 0 fully saturated rings. The van der Waals surface area contributed by atoms with Gasteiger partial charge in [0.2, 0.25) is 5.91 Å². The molecule has 0 aliphatic carbocycles. The third-order valence-corrected chi connectivity index (χ3v) is 1.94. The summed E-state index contributed by atoms with van der Waals surface area (Å²) in [5.41, 5.74) is 4.95. The van der Waals surface area contributed by atoms with Crippen LogP contribution in [0.5, 0.6) is 0 Å². The third kappa shape index (κ3) is 9.05. The van der Waals surface area contributed by atoms with Crippen LogP contribution in [0.2, 0.25) is 0 Å². The highest BCUT2D eigenvalue weighted by Gasteiger charge is 2.02. The number of Topliss-reactive ketones (excluding diaryl/α,β-unsaturated/α-hetero) is 1. The smallest absolute Gasteiger partial charge is 0.217 e. The first kappa shape index (κ1) is 12.1. The standard InChI is InChI=1S/C10H19NO2/c1-2-3-4-6-9(12)7-5-8-10(11)13/h2-8H2,1H3,(H2,11,13). The van der Waals surface area contributed by atoms with Crippen LogP contribution in [0.15, 0.2) is 0 Å². The Kier molecular flexibility index (Phi) is 7.26. The molecule has 1 amide bonds. The summed E-state index contributed by atoms with van der Waals surface area (Å²) >= 11 is 0. The monoisotopic (exact) mass is 185 g/mol. The van der Waals surface area contributed by atoms with Gasteiger partial charge in [-0.1, -0.05) is 19.8 Å². The van der Waals surface area contributed by atoms with Gasteiger partial charge in [-0.15, -0.1) is 0 Å². The lowest BCUT2D eigenvalue weighted by Crippen LogP contribution is -2.10. The number of hydrogen-bond donors (Lipinski definition) is 1. The first-order chi connectivity index (χ1) is 6.16. The van der Waals surface area contributed by atoms with Crippen molar-refractivity contribution in [2.45, 2.75) is 51.9 Å². The maximum Gasteiger partial charge on any atom is 0.217 e. The van der Waals surface area contributed by atoms with Crippen molar-refractivity contribution in [3.63, 3.8) is 0 Å². The zero-order valence-electron chi connectivity index (χ0n) is 8.34. The normalized spacial score (nSPS) is 9.92. The van der Waals surface area contributed by atoms with Gasteiger partial charge in [-0.25, -0.2) is 0 Å². The van der Waals surface area contributed by atoms with Gasteiger partial charge >= 0.3 is 0 Å². The number of hydrogen-bond acceptors (Lipinski definition) is 2. The molecule has 0 radical (unpaired) electrons. The summed E-state index contributed by atoms with van der Waals surface area (Å²) < 4.78 is 0. The number of carbonyl (C=O) groups excluding carboxylic acids is 2. The summed E-state index contributed by atoms with van der Waals surface area (Å²) in [5, 5.41) is 0. The molecular weight excluding hydrogens is 166 g/mol. The molecule has 0 aromatic carbocycles. The van der Waals surface area contributed by atoms with Gasteiger partial charge in [0, 0.05) is 19.3 Å². The van der Waals surface area contributed by atoms with Crippen molar-refractivity contribution in [3.05, 3.63) is 0 Å². The van der Waals surface area contributed by atoms with E-state index in [1.54, 1.807) is 0 Å². The molecule has 0 aromatic heterocycles. The van der Waals surface area contributed by atoms with Gasteiger partial charge in [0.15, 0.2) is 0 Å². The zero-order valence-corrected chi connectivity index (χ0v) is 8.34. The Morgan fingerprint density at radius 2 is 1.62 bits per heavy atom. The van der Waals surface area contributed by atoms with Gasteiger partial charge in [-0.2, -0.15) is 0 Å². The van der Waals surface area contributed by atoms with Crippen molar-refractivity contribution in [1.29, 1.82) is 0 Å². The van der Waals surface area contributed by atoms with E-state index in [9.17, 15) is 9.59 Å². The molecule has 0 spiro atoms. The Morgan fingerprint density at radius 3 is 2.15 bits per heavy atom. The molecule has 0 aliphatic heterocycles. The number of nitrogens with two attached hydrogens (primary N) is 1. The van der Waals surface area contributed by atoms with E-state index in [0.29, 0.717) is 25.7 Å². The van der Waals surface area contributed by atoms with Gasteiger partial charge < -0.3 is 5.73 Å². The molecule has 3 heteroatoms. The average Bonchev–Trinajstić information content (AvgIpc) is 2.04. The first-order valence-corrected chi connectivity index (χ1v) is 4.96. The van der Waals surface area contributed by atoms with Gasteiger partial charge in [0.25, 0.3) is 0 Å². The molecule has 76 valence electrons. The van der Waals surface area contributed by atoms with Crippen LogP contribution in [0.1, 0.15) is 51.9 Å². The lowest BCUT2D eigenvalue weighted by Gasteiger charge is -1.98. The van der Waals surface area contributed by atoms with Crippen LogP contribution in [0.3, 0.4) is 0 Å². The van der Waals surface area contributed by atoms with E-state index in [4.69, 9.17) is 5.73 Å². The van der Waals surface area contributed by atoms with Gasteiger partial charge in [-0.3, -0.25) is 9.59 Å². The minimum absolute atomic E-state index is 0.259. The van der Waals surface area contributed by atoms with E-state index < -0.39 is 0 Å². The molecular formula is C10H19NO2. The third-order valence-electron chi connectivity index (χ3n) is 1.94. The second-order valence-corrected chi connectivity index (χ2v) is 3.32. The first-order valence-electron chi connectivity index (χ1n) is 4.96. The fourth-order valence-electron chi connectivity index (χ4n) is 1.16. The molecule has 3 nitrogen and oxygen atoms in total. The minimum Gasteiger partial charge on any atom is -0.370 e. The van der Waals surface area contributed by atoms with Crippen molar-refractivity contribution in [2.75, 3.05) is 0 Å². The topological polar surface area (TPSA) is 60.2 Å². The molecule has 0 aliphatic rings. The highest BCUT2D eigenvalue weighted by molar-refractivity contribution is 5.79. The lowest BCUT2D eigenvalue weighted by atomic mass is 10.1. The van der Waals surface area contributed by atoms with Crippen LogP contribution in [0.25, 0.3) is 0 Å². The number of unbranched alkanes of at least 4 members (excludes halogenated alkanes) is 2. The number of primary amides is 1. The highest BCUT2D eigenvalue weighted by atomic mass is 16.1. The van der Waals surface area contributed by atoms with Gasteiger partial charge in [0.05, 0.1) is 0 Å². The van der Waals surface area contributed by atoms with Crippen LogP contribution >= 0.6 is 0 Å². The SMILES string of the molecule is CCCCCC(=O)CCCC(N)=O. The van der Waals surface area contributed by atoms with Crippen LogP contribution in [-0.2, 0) is 9.59 Å². The number of ketones is 1. The predicted molar refractivity (Wildman–Crippen MR) is 52.2 cm³/mol. The second kappa shape index (κ2) is 7.77.